The molecule has 0 aliphatic heterocycles. The van der Waals surface area contributed by atoms with Gasteiger partial charge in [0, 0.05) is 5.75 Å². The maximum Gasteiger partial charge on any atom is 1.00 e. The first kappa shape index (κ1) is 9.66. The molecule has 0 atom stereocenters. The van der Waals surface area contributed by atoms with Crippen LogP contribution < -0.4 is 56.1 Å². The molecule has 9 heavy (non-hydrogen) atoms. The Morgan fingerprint density at radius 1 is 1.33 bits per heavy atom. The van der Waals surface area contributed by atoms with Crippen molar-refractivity contribution in [2.75, 3.05) is 7.11 Å². The van der Waals surface area contributed by atoms with Crippen molar-refractivity contribution in [2.24, 2.45) is 0 Å². The van der Waals surface area contributed by atoms with Gasteiger partial charge < -0.3 is 4.74 Å². The van der Waals surface area contributed by atoms with Crippen molar-refractivity contribution in [1.82, 2.24) is 0 Å². The fraction of sp³-hybridized carbons (Fsp3) is 0.143. The van der Waals surface area contributed by atoms with E-state index in [4.69, 9.17) is 4.74 Å². The molecule has 1 aromatic rings. The summed E-state index contributed by atoms with van der Waals surface area (Å²) in [7, 11) is 1.65. The van der Waals surface area contributed by atoms with Gasteiger partial charge >= 0.3 is 51.4 Å². The van der Waals surface area contributed by atoms with Crippen LogP contribution in [0.25, 0.3) is 0 Å². The Bertz CT molecular complexity index is 150. The summed E-state index contributed by atoms with van der Waals surface area (Å²) in [6.07, 6.45) is 0. The van der Waals surface area contributed by atoms with Gasteiger partial charge in [0.25, 0.3) is 0 Å². The molecule has 0 spiro atoms. The number of ether oxygens (including phenoxy) is 1. The summed E-state index contributed by atoms with van der Waals surface area (Å²) in [5.41, 5.74) is 0. The van der Waals surface area contributed by atoms with E-state index >= 15 is 0 Å². The van der Waals surface area contributed by atoms with Gasteiger partial charge in [0.1, 0.15) is 0 Å². The molecule has 42 valence electrons. The first-order valence-electron chi connectivity index (χ1n) is 2.43. The third kappa shape index (κ3) is 3.38. The van der Waals surface area contributed by atoms with E-state index in [1.807, 2.05) is 24.3 Å². The van der Waals surface area contributed by atoms with E-state index in [0.717, 1.165) is 5.75 Å². The Kier molecular flexibility index (Phi) is 5.84. The molecule has 0 fully saturated rings. The van der Waals surface area contributed by atoms with Gasteiger partial charge in [0.15, 0.2) is 0 Å². The second-order valence-corrected chi connectivity index (χ2v) is 1.44. The molecule has 1 nitrogen and oxygen atoms in total. The van der Waals surface area contributed by atoms with Gasteiger partial charge in [0.2, 0.25) is 0 Å². The van der Waals surface area contributed by atoms with Crippen molar-refractivity contribution < 1.29 is 56.1 Å². The zero-order chi connectivity index (χ0) is 5.82. The van der Waals surface area contributed by atoms with Crippen LogP contribution in [0.4, 0.5) is 0 Å². The van der Waals surface area contributed by atoms with Crippen molar-refractivity contribution in [3.05, 3.63) is 30.3 Å². The second kappa shape index (κ2) is 5.44. The summed E-state index contributed by atoms with van der Waals surface area (Å²) in [4.78, 5) is 0. The standard InChI is InChI=1S/C7H7O.K/c1-8-7-5-3-2-4-6-7;/h3-6H,1H3;/q-1;+1. The van der Waals surface area contributed by atoms with Crippen LogP contribution in [-0.4, -0.2) is 7.11 Å². The van der Waals surface area contributed by atoms with Gasteiger partial charge in [-0.2, -0.15) is 18.2 Å². The van der Waals surface area contributed by atoms with E-state index in [-0.39, 0.29) is 51.4 Å². The van der Waals surface area contributed by atoms with Gasteiger partial charge in [-0.1, -0.05) is 0 Å². The van der Waals surface area contributed by atoms with Crippen LogP contribution in [0.5, 0.6) is 5.75 Å². The normalized spacial score (nSPS) is 7.67. The monoisotopic (exact) mass is 146 g/mol. The molecular weight excluding hydrogens is 139 g/mol. The van der Waals surface area contributed by atoms with E-state index in [9.17, 15) is 0 Å². The maximum atomic E-state index is 4.89. The fourth-order valence-corrected chi connectivity index (χ4v) is 0.508. The maximum absolute atomic E-state index is 4.89. The van der Waals surface area contributed by atoms with E-state index in [0.29, 0.717) is 0 Å². The van der Waals surface area contributed by atoms with Crippen molar-refractivity contribution in [3.63, 3.8) is 0 Å². The van der Waals surface area contributed by atoms with E-state index in [2.05, 4.69) is 6.07 Å². The summed E-state index contributed by atoms with van der Waals surface area (Å²) in [6, 6.07) is 10.2. The number of methoxy groups -OCH3 is 1. The Hall–Kier alpha value is 0.656. The van der Waals surface area contributed by atoms with Crippen molar-refractivity contribution in [3.8, 4) is 5.75 Å². The van der Waals surface area contributed by atoms with Gasteiger partial charge in [-0.05, 0) is 0 Å². The molecule has 0 amide bonds. The van der Waals surface area contributed by atoms with E-state index in [1.165, 1.54) is 0 Å². The third-order valence-corrected chi connectivity index (χ3v) is 0.923. The minimum atomic E-state index is 0. The molecule has 1 aromatic carbocycles. The minimum absolute atomic E-state index is 0. The van der Waals surface area contributed by atoms with Crippen LogP contribution >= 0.6 is 0 Å². The van der Waals surface area contributed by atoms with Crippen LogP contribution in [0.2, 0.25) is 0 Å². The average molecular weight is 146 g/mol. The zero-order valence-electron chi connectivity index (χ0n) is 5.72. The number of rotatable bonds is 1. The van der Waals surface area contributed by atoms with Crippen molar-refractivity contribution in [2.45, 2.75) is 0 Å². The molecule has 2 heteroatoms. The Morgan fingerprint density at radius 2 is 1.89 bits per heavy atom. The smallest absolute Gasteiger partial charge is 0.522 e. The van der Waals surface area contributed by atoms with Crippen LogP contribution in [-0.2, 0) is 0 Å². The number of hydrogen-bond acceptors (Lipinski definition) is 1. The molecule has 0 saturated carbocycles. The Labute approximate surface area is 97.8 Å². The molecule has 0 radical (unpaired) electrons. The predicted octanol–water partition coefficient (Wildman–Crippen LogP) is -1.50. The molecule has 0 aromatic heterocycles. The third-order valence-electron chi connectivity index (χ3n) is 0.923. The summed E-state index contributed by atoms with van der Waals surface area (Å²) < 4.78 is 4.89. The Morgan fingerprint density at radius 3 is 2.22 bits per heavy atom. The first-order valence-corrected chi connectivity index (χ1v) is 2.43. The van der Waals surface area contributed by atoms with Crippen LogP contribution in [0.15, 0.2) is 24.3 Å². The van der Waals surface area contributed by atoms with Crippen LogP contribution in [0.3, 0.4) is 0 Å². The zero-order valence-corrected chi connectivity index (χ0v) is 8.84. The topological polar surface area (TPSA) is 9.23 Å². The Balaban J connectivity index is 0.000000640. The van der Waals surface area contributed by atoms with E-state index < -0.39 is 0 Å². The summed E-state index contributed by atoms with van der Waals surface area (Å²) in [6.45, 7) is 0. The quantitative estimate of drug-likeness (QED) is 0.346. The fourth-order valence-electron chi connectivity index (χ4n) is 0.508. The van der Waals surface area contributed by atoms with E-state index in [1.54, 1.807) is 7.11 Å². The van der Waals surface area contributed by atoms with Gasteiger partial charge in [-0.25, -0.2) is 0 Å². The minimum Gasteiger partial charge on any atom is -0.522 e. The van der Waals surface area contributed by atoms with Gasteiger partial charge in [-0.15, -0.1) is 12.1 Å². The predicted molar refractivity (Wildman–Crippen MR) is 31.8 cm³/mol. The summed E-state index contributed by atoms with van der Waals surface area (Å²) in [5.74, 6) is 0.878. The second-order valence-electron chi connectivity index (χ2n) is 1.44. The molecule has 0 saturated heterocycles. The average Bonchev–Trinajstić information content (AvgIpc) is 1.90. The molecular formula is C7H7KO. The molecule has 0 N–H and O–H groups in total. The molecule has 0 aliphatic rings. The largest absolute Gasteiger partial charge is 1.00 e. The van der Waals surface area contributed by atoms with Crippen LogP contribution in [0.1, 0.15) is 0 Å². The SMILES string of the molecule is COc1cc[c-]cc1.[K+]. The molecule has 0 aliphatic carbocycles. The molecule has 0 bridgehead atoms. The number of hydrogen-bond donors (Lipinski definition) is 0. The first-order chi connectivity index (χ1) is 3.93. The summed E-state index contributed by atoms with van der Waals surface area (Å²) in [5, 5.41) is 0. The van der Waals surface area contributed by atoms with Crippen molar-refractivity contribution in [1.29, 1.82) is 0 Å². The van der Waals surface area contributed by atoms with Crippen molar-refractivity contribution >= 4 is 0 Å². The molecule has 0 heterocycles. The molecule has 0 unspecified atom stereocenters. The van der Waals surface area contributed by atoms with Gasteiger partial charge in [0.05, 0.1) is 7.11 Å². The number of benzene rings is 1. The summed E-state index contributed by atoms with van der Waals surface area (Å²) >= 11 is 0. The van der Waals surface area contributed by atoms with Gasteiger partial charge in [-0.3, -0.25) is 0 Å². The molecule has 1 rings (SSSR count). The van der Waals surface area contributed by atoms with Crippen LogP contribution in [0, 0.1) is 6.07 Å².